The molecule has 1 heterocycles. The Kier molecular flexibility index (Phi) is 5.20. The maximum atomic E-state index is 13.1. The quantitative estimate of drug-likeness (QED) is 0.745. The number of benzene rings is 2. The molecule has 2 aromatic rings. The summed E-state index contributed by atoms with van der Waals surface area (Å²) in [5.41, 5.74) is 2.00. The first-order chi connectivity index (χ1) is 14.4. The summed E-state index contributed by atoms with van der Waals surface area (Å²) in [5, 5.41) is 2.84. The zero-order valence-corrected chi connectivity index (χ0v) is 17.2. The van der Waals surface area contributed by atoms with Crippen LogP contribution in [0.15, 0.2) is 48.5 Å². The third-order valence-electron chi connectivity index (χ3n) is 5.86. The second-order valence-electron chi connectivity index (χ2n) is 7.86. The molecule has 4 amide bonds. The number of nitrogens with zero attached hydrogens (tertiary/aromatic N) is 2. The van der Waals surface area contributed by atoms with Crippen LogP contribution in [-0.4, -0.2) is 54.4 Å². The first kappa shape index (κ1) is 19.9. The summed E-state index contributed by atoms with van der Waals surface area (Å²) in [7, 11) is 1.64. The molecule has 0 saturated carbocycles. The lowest BCUT2D eigenvalue weighted by molar-refractivity contribution is -0.138. The van der Waals surface area contributed by atoms with Crippen molar-refractivity contribution in [1.29, 1.82) is 0 Å². The van der Waals surface area contributed by atoms with Crippen molar-refractivity contribution in [2.75, 3.05) is 26.7 Å². The van der Waals surface area contributed by atoms with E-state index < -0.39 is 11.6 Å². The van der Waals surface area contributed by atoms with Crippen molar-refractivity contribution >= 4 is 17.8 Å². The molecule has 7 heteroatoms. The number of nitrogens with one attached hydrogen (secondary N) is 1. The molecule has 0 aromatic heterocycles. The van der Waals surface area contributed by atoms with Crippen molar-refractivity contribution in [2.24, 2.45) is 0 Å². The van der Waals surface area contributed by atoms with Gasteiger partial charge >= 0.3 is 6.03 Å². The molecule has 0 radical (unpaired) electrons. The van der Waals surface area contributed by atoms with E-state index in [2.05, 4.69) is 5.32 Å². The van der Waals surface area contributed by atoms with Crippen molar-refractivity contribution in [3.63, 3.8) is 0 Å². The minimum absolute atomic E-state index is 0.282. The van der Waals surface area contributed by atoms with Gasteiger partial charge in [0.2, 0.25) is 5.91 Å². The molecule has 1 aliphatic heterocycles. The molecule has 1 aliphatic carbocycles. The predicted octanol–water partition coefficient (Wildman–Crippen LogP) is 2.23. The van der Waals surface area contributed by atoms with Gasteiger partial charge in [0, 0.05) is 7.05 Å². The molecule has 0 bridgehead atoms. The van der Waals surface area contributed by atoms with Gasteiger partial charge in [-0.3, -0.25) is 14.5 Å². The molecule has 1 fully saturated rings. The molecular formula is C23H25N3O4. The molecule has 30 heavy (non-hydrogen) atoms. The number of urea groups is 1. The van der Waals surface area contributed by atoms with Crippen LogP contribution >= 0.6 is 0 Å². The maximum Gasteiger partial charge on any atom is 0.325 e. The summed E-state index contributed by atoms with van der Waals surface area (Å²) in [5.74, 6) is 0.0711. The highest BCUT2D eigenvalue weighted by Gasteiger charge is 2.55. The summed E-state index contributed by atoms with van der Waals surface area (Å²) in [4.78, 5) is 40.8. The monoisotopic (exact) mass is 407 g/mol. The Morgan fingerprint density at radius 1 is 1.17 bits per heavy atom. The molecular weight excluding hydrogens is 382 g/mol. The standard InChI is InChI=1S/C23H25N3O4/c1-16-7-9-18(10-8-16)30-14-13-25(2)20(27)15-26-21(28)23(24-22(26)29)12-11-17-5-3-4-6-19(17)23/h3-10H,11-15H2,1-2H3,(H,24,29). The van der Waals surface area contributed by atoms with Gasteiger partial charge in [-0.1, -0.05) is 42.0 Å². The molecule has 4 rings (SSSR count). The smallest absolute Gasteiger partial charge is 0.325 e. The van der Waals surface area contributed by atoms with Gasteiger partial charge in [-0.05, 0) is 43.0 Å². The lowest BCUT2D eigenvalue weighted by Crippen LogP contribution is -2.44. The average Bonchev–Trinajstić information content (AvgIpc) is 3.22. The number of carbonyl (C=O) groups is 3. The van der Waals surface area contributed by atoms with E-state index in [1.807, 2.05) is 55.5 Å². The van der Waals surface area contributed by atoms with E-state index in [0.717, 1.165) is 33.8 Å². The van der Waals surface area contributed by atoms with Crippen molar-refractivity contribution < 1.29 is 19.1 Å². The summed E-state index contributed by atoms with van der Waals surface area (Å²) in [6.07, 6.45) is 1.24. The van der Waals surface area contributed by atoms with Gasteiger partial charge in [0.25, 0.3) is 5.91 Å². The van der Waals surface area contributed by atoms with E-state index in [1.165, 1.54) is 4.90 Å². The molecule has 2 aromatic carbocycles. The summed E-state index contributed by atoms with van der Waals surface area (Å²) in [6, 6.07) is 14.8. The summed E-state index contributed by atoms with van der Waals surface area (Å²) in [6.45, 7) is 2.39. The van der Waals surface area contributed by atoms with E-state index in [0.29, 0.717) is 19.6 Å². The fourth-order valence-corrected chi connectivity index (χ4v) is 4.05. The Labute approximate surface area is 175 Å². The Bertz CT molecular complexity index is 988. The van der Waals surface area contributed by atoms with Crippen LogP contribution in [0.3, 0.4) is 0 Å². The van der Waals surface area contributed by atoms with Crippen LogP contribution in [0.25, 0.3) is 0 Å². The van der Waals surface area contributed by atoms with Gasteiger partial charge in [0.1, 0.15) is 24.4 Å². The van der Waals surface area contributed by atoms with Gasteiger partial charge < -0.3 is 15.0 Å². The minimum Gasteiger partial charge on any atom is -0.492 e. The largest absolute Gasteiger partial charge is 0.492 e. The van der Waals surface area contributed by atoms with E-state index in [9.17, 15) is 14.4 Å². The fourth-order valence-electron chi connectivity index (χ4n) is 4.05. The number of fused-ring (bicyclic) bond motifs is 2. The van der Waals surface area contributed by atoms with Crippen LogP contribution in [0.5, 0.6) is 5.75 Å². The number of aryl methyl sites for hydroxylation is 2. The van der Waals surface area contributed by atoms with Crippen molar-refractivity contribution in [3.05, 3.63) is 65.2 Å². The van der Waals surface area contributed by atoms with Crippen molar-refractivity contribution in [2.45, 2.75) is 25.3 Å². The highest BCUT2D eigenvalue weighted by Crippen LogP contribution is 2.41. The van der Waals surface area contributed by atoms with E-state index in [1.54, 1.807) is 7.05 Å². The fraction of sp³-hybridized carbons (Fsp3) is 0.348. The molecule has 2 aliphatic rings. The molecule has 1 N–H and O–H groups in total. The van der Waals surface area contributed by atoms with Crippen LogP contribution in [-0.2, 0) is 21.5 Å². The topological polar surface area (TPSA) is 79.0 Å². The number of carbonyl (C=O) groups excluding carboxylic acids is 3. The number of hydrogen-bond acceptors (Lipinski definition) is 4. The number of ether oxygens (including phenoxy) is 1. The van der Waals surface area contributed by atoms with Crippen LogP contribution in [0.4, 0.5) is 4.79 Å². The van der Waals surface area contributed by atoms with Gasteiger partial charge in [0.05, 0.1) is 6.54 Å². The average molecular weight is 407 g/mol. The van der Waals surface area contributed by atoms with Gasteiger partial charge in [-0.2, -0.15) is 0 Å². The lowest BCUT2D eigenvalue weighted by atomic mass is 9.92. The van der Waals surface area contributed by atoms with Crippen LogP contribution in [0.2, 0.25) is 0 Å². The molecule has 1 atom stereocenters. The Morgan fingerprint density at radius 3 is 2.67 bits per heavy atom. The highest BCUT2D eigenvalue weighted by molar-refractivity contribution is 6.09. The molecule has 7 nitrogen and oxygen atoms in total. The number of imide groups is 1. The minimum atomic E-state index is -1.04. The van der Waals surface area contributed by atoms with E-state index >= 15 is 0 Å². The third kappa shape index (κ3) is 3.51. The van der Waals surface area contributed by atoms with Crippen LogP contribution < -0.4 is 10.1 Å². The van der Waals surface area contributed by atoms with Crippen molar-refractivity contribution in [1.82, 2.24) is 15.1 Å². The zero-order chi connectivity index (χ0) is 21.3. The number of amides is 4. The van der Waals surface area contributed by atoms with Crippen molar-refractivity contribution in [3.8, 4) is 5.75 Å². The Morgan fingerprint density at radius 2 is 1.90 bits per heavy atom. The molecule has 1 spiro atoms. The Hall–Kier alpha value is -3.35. The van der Waals surface area contributed by atoms with Crippen LogP contribution in [0, 0.1) is 6.92 Å². The SMILES string of the molecule is Cc1ccc(OCCN(C)C(=O)CN2C(=O)NC3(CCc4ccccc43)C2=O)cc1. The molecule has 1 unspecified atom stereocenters. The van der Waals surface area contributed by atoms with E-state index in [4.69, 9.17) is 4.74 Å². The third-order valence-corrected chi connectivity index (χ3v) is 5.86. The second-order valence-corrected chi connectivity index (χ2v) is 7.86. The summed E-state index contributed by atoms with van der Waals surface area (Å²) < 4.78 is 5.66. The predicted molar refractivity (Wildman–Crippen MR) is 111 cm³/mol. The zero-order valence-electron chi connectivity index (χ0n) is 17.2. The first-order valence-electron chi connectivity index (χ1n) is 10.1. The molecule has 1 saturated heterocycles. The lowest BCUT2D eigenvalue weighted by Gasteiger charge is -2.23. The number of rotatable bonds is 6. The maximum absolute atomic E-state index is 13.1. The second kappa shape index (κ2) is 7.82. The first-order valence-corrected chi connectivity index (χ1v) is 10.1. The number of hydrogen-bond donors (Lipinski definition) is 1. The van der Waals surface area contributed by atoms with E-state index in [-0.39, 0.29) is 18.4 Å². The van der Waals surface area contributed by atoms with Gasteiger partial charge in [-0.25, -0.2) is 4.79 Å². The normalized spacial score (nSPS) is 19.7. The molecule has 156 valence electrons. The van der Waals surface area contributed by atoms with Gasteiger partial charge in [0.15, 0.2) is 0 Å². The summed E-state index contributed by atoms with van der Waals surface area (Å²) >= 11 is 0. The Balaban J connectivity index is 1.36. The van der Waals surface area contributed by atoms with Crippen LogP contribution in [0.1, 0.15) is 23.1 Å². The number of likely N-dealkylation sites (N-methyl/N-ethyl adjacent to an activating group) is 1. The van der Waals surface area contributed by atoms with Gasteiger partial charge in [-0.15, -0.1) is 0 Å². The highest BCUT2D eigenvalue weighted by atomic mass is 16.5.